The Morgan fingerprint density at radius 3 is 2.83 bits per heavy atom. The minimum absolute atomic E-state index is 0.130. The van der Waals surface area contributed by atoms with Gasteiger partial charge in [-0.15, -0.1) is 0 Å². The van der Waals surface area contributed by atoms with Crippen molar-refractivity contribution in [3.8, 4) is 5.75 Å². The van der Waals surface area contributed by atoms with Crippen LogP contribution >= 0.6 is 0 Å². The Labute approximate surface area is 145 Å². The number of rotatable bonds is 2. The van der Waals surface area contributed by atoms with E-state index in [0.29, 0.717) is 12.0 Å². The molecule has 0 bridgehead atoms. The predicted octanol–water partition coefficient (Wildman–Crippen LogP) is 4.06. The van der Waals surface area contributed by atoms with Crippen molar-refractivity contribution in [1.29, 1.82) is 0 Å². The lowest BCUT2D eigenvalue weighted by atomic mass is 9.55. The number of carbonyl (C=O) groups is 1. The molecule has 1 aromatic rings. The SMILES string of the molecule is COc1ccc2c(c1)CC[C@@H]1[C@@H]2CC[C@]2(C)[C@@H](NC(C)=O)CC[C@@H]12. The molecule has 0 spiro atoms. The van der Waals surface area contributed by atoms with Crippen LogP contribution in [-0.4, -0.2) is 19.1 Å². The van der Waals surface area contributed by atoms with E-state index >= 15 is 0 Å². The first-order chi connectivity index (χ1) is 11.5. The van der Waals surface area contributed by atoms with Gasteiger partial charge in [-0.3, -0.25) is 4.79 Å². The molecule has 130 valence electrons. The van der Waals surface area contributed by atoms with Gasteiger partial charge >= 0.3 is 0 Å². The third kappa shape index (κ3) is 2.35. The molecule has 2 saturated carbocycles. The van der Waals surface area contributed by atoms with Gasteiger partial charge in [-0.25, -0.2) is 0 Å². The van der Waals surface area contributed by atoms with Crippen molar-refractivity contribution in [2.24, 2.45) is 17.3 Å². The number of hydrogen-bond donors (Lipinski definition) is 1. The average molecular weight is 327 g/mol. The number of carbonyl (C=O) groups excluding carboxylic acids is 1. The fourth-order valence-corrected chi connectivity index (χ4v) is 6.17. The van der Waals surface area contributed by atoms with Gasteiger partial charge in [0.15, 0.2) is 0 Å². The van der Waals surface area contributed by atoms with Crippen LogP contribution in [0.15, 0.2) is 18.2 Å². The first-order valence-electron chi connectivity index (χ1n) is 9.47. The van der Waals surface area contributed by atoms with Crippen LogP contribution < -0.4 is 10.1 Å². The Balaban J connectivity index is 1.62. The number of methoxy groups -OCH3 is 1. The molecule has 0 aromatic heterocycles. The maximum Gasteiger partial charge on any atom is 0.217 e. The van der Waals surface area contributed by atoms with E-state index in [1.807, 2.05) is 0 Å². The standard InChI is InChI=1S/C21H29NO2/c1-13(23)22-20-9-8-19-18-6-4-14-12-15(24-3)5-7-16(14)17(18)10-11-21(19,20)2/h5,7,12,17-20H,4,6,8-11H2,1-3H3,(H,22,23)/t17-,18-,19+,20+,21+/m1/s1. The average Bonchev–Trinajstić information content (AvgIpc) is 2.90. The molecule has 3 nitrogen and oxygen atoms in total. The van der Waals surface area contributed by atoms with Gasteiger partial charge in [-0.2, -0.15) is 0 Å². The molecule has 3 heteroatoms. The second-order valence-corrected chi connectivity index (χ2v) is 8.36. The van der Waals surface area contributed by atoms with E-state index in [1.165, 1.54) is 37.7 Å². The van der Waals surface area contributed by atoms with Crippen molar-refractivity contribution >= 4 is 5.91 Å². The second kappa shape index (κ2) is 5.79. The van der Waals surface area contributed by atoms with E-state index in [0.717, 1.165) is 24.0 Å². The summed E-state index contributed by atoms with van der Waals surface area (Å²) in [6, 6.07) is 7.06. The number of benzene rings is 1. The van der Waals surface area contributed by atoms with Gasteiger partial charge in [-0.05, 0) is 85.0 Å². The van der Waals surface area contributed by atoms with Crippen LogP contribution in [0.25, 0.3) is 0 Å². The third-order valence-corrected chi connectivity index (χ3v) is 7.31. The molecule has 3 aliphatic carbocycles. The first-order valence-corrected chi connectivity index (χ1v) is 9.47. The number of nitrogens with one attached hydrogen (secondary N) is 1. The summed E-state index contributed by atoms with van der Waals surface area (Å²) in [4.78, 5) is 11.6. The molecule has 1 aromatic carbocycles. The largest absolute Gasteiger partial charge is 0.497 e. The molecule has 0 aliphatic heterocycles. The van der Waals surface area contributed by atoms with Crippen LogP contribution in [0.4, 0.5) is 0 Å². The zero-order valence-corrected chi connectivity index (χ0v) is 15.1. The Kier molecular flexibility index (Phi) is 3.85. The number of hydrogen-bond acceptors (Lipinski definition) is 2. The Morgan fingerprint density at radius 1 is 1.25 bits per heavy atom. The summed E-state index contributed by atoms with van der Waals surface area (Å²) in [5, 5.41) is 3.26. The highest BCUT2D eigenvalue weighted by Gasteiger charge is 2.54. The summed E-state index contributed by atoms with van der Waals surface area (Å²) in [6.07, 6.45) is 7.37. The number of fused-ring (bicyclic) bond motifs is 5. The Bertz CT molecular complexity index is 655. The van der Waals surface area contributed by atoms with E-state index in [-0.39, 0.29) is 11.3 Å². The van der Waals surface area contributed by atoms with Crippen molar-refractivity contribution in [2.75, 3.05) is 7.11 Å². The molecule has 2 fully saturated rings. The fraction of sp³-hybridized carbons (Fsp3) is 0.667. The fourth-order valence-electron chi connectivity index (χ4n) is 6.17. The molecule has 0 saturated heterocycles. The smallest absolute Gasteiger partial charge is 0.217 e. The minimum atomic E-state index is 0.130. The number of amides is 1. The normalized spacial score (nSPS) is 37.1. The summed E-state index contributed by atoms with van der Waals surface area (Å²) in [5.74, 6) is 3.35. The zero-order chi connectivity index (χ0) is 16.9. The van der Waals surface area contributed by atoms with Gasteiger partial charge in [0.1, 0.15) is 5.75 Å². The van der Waals surface area contributed by atoms with E-state index in [1.54, 1.807) is 19.6 Å². The van der Waals surface area contributed by atoms with Crippen LogP contribution in [0.1, 0.15) is 63.0 Å². The monoisotopic (exact) mass is 327 g/mol. The first kappa shape index (κ1) is 16.0. The van der Waals surface area contributed by atoms with Crippen molar-refractivity contribution < 1.29 is 9.53 Å². The molecule has 0 unspecified atom stereocenters. The lowest BCUT2D eigenvalue weighted by Crippen LogP contribution is -2.49. The van der Waals surface area contributed by atoms with Crippen LogP contribution in [0.2, 0.25) is 0 Å². The topological polar surface area (TPSA) is 38.3 Å². The van der Waals surface area contributed by atoms with Crippen LogP contribution in [0.3, 0.4) is 0 Å². The Morgan fingerprint density at radius 2 is 2.08 bits per heavy atom. The van der Waals surface area contributed by atoms with Crippen LogP contribution in [0.5, 0.6) is 5.75 Å². The minimum Gasteiger partial charge on any atom is -0.497 e. The number of ether oxygens (including phenoxy) is 1. The Hall–Kier alpha value is -1.51. The molecule has 1 amide bonds. The van der Waals surface area contributed by atoms with Crippen molar-refractivity contribution in [3.63, 3.8) is 0 Å². The highest BCUT2D eigenvalue weighted by atomic mass is 16.5. The summed E-state index contributed by atoms with van der Waals surface area (Å²) in [6.45, 7) is 4.09. The van der Waals surface area contributed by atoms with E-state index in [9.17, 15) is 4.79 Å². The van der Waals surface area contributed by atoms with Crippen molar-refractivity contribution in [3.05, 3.63) is 29.3 Å². The summed E-state index contributed by atoms with van der Waals surface area (Å²) < 4.78 is 5.41. The van der Waals surface area contributed by atoms with Gasteiger partial charge in [0, 0.05) is 13.0 Å². The number of aryl methyl sites for hydroxylation is 1. The summed E-state index contributed by atoms with van der Waals surface area (Å²) >= 11 is 0. The quantitative estimate of drug-likeness (QED) is 0.890. The molecule has 24 heavy (non-hydrogen) atoms. The van der Waals surface area contributed by atoms with Gasteiger partial charge in [0.25, 0.3) is 0 Å². The molecular weight excluding hydrogens is 298 g/mol. The van der Waals surface area contributed by atoms with Crippen LogP contribution in [-0.2, 0) is 11.2 Å². The van der Waals surface area contributed by atoms with E-state index in [4.69, 9.17) is 4.74 Å². The van der Waals surface area contributed by atoms with E-state index in [2.05, 4.69) is 30.4 Å². The van der Waals surface area contributed by atoms with E-state index < -0.39 is 0 Å². The highest BCUT2D eigenvalue weighted by Crippen LogP contribution is 2.60. The van der Waals surface area contributed by atoms with Crippen molar-refractivity contribution in [1.82, 2.24) is 5.32 Å². The van der Waals surface area contributed by atoms with Gasteiger partial charge in [-0.1, -0.05) is 13.0 Å². The molecule has 0 heterocycles. The lowest BCUT2D eigenvalue weighted by Gasteiger charge is -2.51. The molecule has 5 atom stereocenters. The predicted molar refractivity (Wildman–Crippen MR) is 95.2 cm³/mol. The summed E-state index contributed by atoms with van der Waals surface area (Å²) in [5.41, 5.74) is 3.35. The third-order valence-electron chi connectivity index (χ3n) is 7.31. The van der Waals surface area contributed by atoms with Gasteiger partial charge in [0.2, 0.25) is 5.91 Å². The highest BCUT2D eigenvalue weighted by molar-refractivity contribution is 5.73. The van der Waals surface area contributed by atoms with Crippen LogP contribution in [0, 0.1) is 17.3 Å². The second-order valence-electron chi connectivity index (χ2n) is 8.36. The maximum absolute atomic E-state index is 11.6. The van der Waals surface area contributed by atoms with Gasteiger partial charge in [0.05, 0.1) is 7.11 Å². The molecule has 0 radical (unpaired) electrons. The van der Waals surface area contributed by atoms with Crippen molar-refractivity contribution in [2.45, 2.75) is 64.3 Å². The molecule has 3 aliphatic rings. The maximum atomic E-state index is 11.6. The lowest BCUT2D eigenvalue weighted by molar-refractivity contribution is -0.120. The summed E-state index contributed by atoms with van der Waals surface area (Å²) in [7, 11) is 1.75. The molecule has 1 N–H and O–H groups in total. The molecule has 4 rings (SSSR count). The van der Waals surface area contributed by atoms with Gasteiger partial charge < -0.3 is 10.1 Å². The zero-order valence-electron chi connectivity index (χ0n) is 15.1. The molecular formula is C21H29NO2.